The monoisotopic (exact) mass is 432 g/mol. The van der Waals surface area contributed by atoms with E-state index in [4.69, 9.17) is 21.1 Å². The van der Waals surface area contributed by atoms with Crippen LogP contribution in [-0.4, -0.2) is 36.9 Å². The number of halogens is 1. The molecule has 1 aliphatic heterocycles. The lowest BCUT2D eigenvalue weighted by Crippen LogP contribution is -2.35. The number of methoxy groups -OCH3 is 1. The van der Waals surface area contributed by atoms with Crippen LogP contribution in [0.5, 0.6) is 0 Å². The van der Waals surface area contributed by atoms with Crippen molar-refractivity contribution in [3.63, 3.8) is 0 Å². The van der Waals surface area contributed by atoms with E-state index < -0.39 is 24.0 Å². The van der Waals surface area contributed by atoms with Crippen molar-refractivity contribution in [3.8, 4) is 6.07 Å². The number of aliphatic carboxylic acids is 1. The number of nitrogens with one attached hydrogen (secondary N) is 1. The van der Waals surface area contributed by atoms with Gasteiger partial charge < -0.3 is 19.9 Å². The van der Waals surface area contributed by atoms with Crippen molar-refractivity contribution in [2.45, 2.75) is 39.7 Å². The lowest BCUT2D eigenvalue weighted by molar-refractivity contribution is -0.149. The molecule has 1 unspecified atom stereocenters. The maximum Gasteiger partial charge on any atom is 0.337 e. The molecule has 7 nitrogen and oxygen atoms in total. The first kappa shape index (κ1) is 23.5. The summed E-state index contributed by atoms with van der Waals surface area (Å²) in [6, 6.07) is 6.75. The number of ether oxygens (including phenoxy) is 2. The summed E-state index contributed by atoms with van der Waals surface area (Å²) in [5.74, 6) is -2.86. The molecule has 8 heteroatoms. The highest BCUT2D eigenvalue weighted by molar-refractivity contribution is 6.32. The van der Waals surface area contributed by atoms with Gasteiger partial charge in [0.2, 0.25) is 0 Å². The number of hydrogen-bond acceptors (Lipinski definition) is 6. The SMILES string of the molecule is COCC(OC(=O)C1=C(C)NC(C)=C(C(=O)O)[C@H]1c1cccc(C#N)c1Cl)C(C)C. The summed E-state index contributed by atoms with van der Waals surface area (Å²) in [5.41, 5.74) is 1.50. The first-order valence-corrected chi connectivity index (χ1v) is 9.82. The summed E-state index contributed by atoms with van der Waals surface area (Å²) >= 11 is 6.43. The van der Waals surface area contributed by atoms with Crippen LogP contribution >= 0.6 is 11.6 Å². The molecule has 1 heterocycles. The Balaban J connectivity index is 2.65. The van der Waals surface area contributed by atoms with E-state index in [1.807, 2.05) is 19.9 Å². The molecule has 2 atom stereocenters. The van der Waals surface area contributed by atoms with Gasteiger partial charge in [0.15, 0.2) is 0 Å². The number of nitrogens with zero attached hydrogens (tertiary/aromatic N) is 1. The lowest BCUT2D eigenvalue weighted by Gasteiger charge is -2.31. The molecular formula is C22H25ClN2O5. The van der Waals surface area contributed by atoms with Crippen molar-refractivity contribution >= 4 is 23.5 Å². The van der Waals surface area contributed by atoms with Crippen LogP contribution in [-0.2, 0) is 19.1 Å². The molecule has 0 aromatic heterocycles. The Bertz CT molecular complexity index is 959. The Morgan fingerprint density at radius 2 is 1.90 bits per heavy atom. The van der Waals surface area contributed by atoms with Crippen LogP contribution in [0.1, 0.15) is 44.7 Å². The summed E-state index contributed by atoms with van der Waals surface area (Å²) in [6.45, 7) is 7.29. The van der Waals surface area contributed by atoms with Gasteiger partial charge in [-0.1, -0.05) is 37.6 Å². The molecular weight excluding hydrogens is 408 g/mol. The first-order chi connectivity index (χ1) is 14.1. The fourth-order valence-electron chi connectivity index (χ4n) is 3.45. The second-order valence-corrected chi connectivity index (χ2v) is 7.78. The number of hydrogen-bond donors (Lipinski definition) is 2. The highest BCUT2D eigenvalue weighted by Crippen LogP contribution is 2.42. The van der Waals surface area contributed by atoms with E-state index >= 15 is 0 Å². The minimum absolute atomic E-state index is 0.00784. The number of carboxylic acids is 1. The van der Waals surface area contributed by atoms with Crippen LogP contribution in [0.3, 0.4) is 0 Å². The van der Waals surface area contributed by atoms with E-state index in [9.17, 15) is 20.0 Å². The van der Waals surface area contributed by atoms with Gasteiger partial charge in [-0.3, -0.25) is 0 Å². The molecule has 0 fully saturated rings. The number of rotatable bonds is 7. The van der Waals surface area contributed by atoms with E-state index in [0.717, 1.165) is 0 Å². The van der Waals surface area contributed by atoms with Gasteiger partial charge in [-0.25, -0.2) is 9.59 Å². The average molecular weight is 433 g/mol. The fraction of sp³-hybridized carbons (Fsp3) is 0.409. The molecule has 0 aliphatic carbocycles. The second kappa shape index (κ2) is 9.79. The molecule has 2 rings (SSSR count). The summed E-state index contributed by atoms with van der Waals surface area (Å²) in [6.07, 6.45) is -0.510. The molecule has 30 heavy (non-hydrogen) atoms. The van der Waals surface area contributed by atoms with Crippen molar-refractivity contribution in [2.75, 3.05) is 13.7 Å². The number of carbonyl (C=O) groups is 2. The highest BCUT2D eigenvalue weighted by Gasteiger charge is 2.39. The predicted molar refractivity (Wildman–Crippen MR) is 112 cm³/mol. The summed E-state index contributed by atoms with van der Waals surface area (Å²) in [7, 11) is 1.51. The minimum atomic E-state index is -1.20. The van der Waals surface area contributed by atoms with Gasteiger partial charge >= 0.3 is 11.9 Å². The molecule has 0 bridgehead atoms. The third-order valence-corrected chi connectivity index (χ3v) is 5.43. The van der Waals surface area contributed by atoms with Crippen molar-refractivity contribution in [3.05, 3.63) is 56.9 Å². The van der Waals surface area contributed by atoms with Gasteiger partial charge in [0.25, 0.3) is 0 Å². The zero-order valence-electron chi connectivity index (χ0n) is 17.6. The van der Waals surface area contributed by atoms with E-state index in [0.29, 0.717) is 17.0 Å². The maximum absolute atomic E-state index is 13.2. The van der Waals surface area contributed by atoms with E-state index in [2.05, 4.69) is 5.32 Å². The lowest BCUT2D eigenvalue weighted by atomic mass is 9.80. The molecule has 0 saturated carbocycles. The Morgan fingerprint density at radius 3 is 2.43 bits per heavy atom. The standard InChI is InChI=1S/C22H25ClN2O5/c1-11(2)16(10-29-5)30-22(28)18-13(4)25-12(3)17(21(26)27)19(18)15-8-6-7-14(9-24)20(15)23/h6-8,11,16,19,25H,10H2,1-5H3,(H,26,27)/t16?,19-/m1/s1. The van der Waals surface area contributed by atoms with E-state index in [-0.39, 0.29) is 34.3 Å². The normalized spacial score (nSPS) is 17.5. The zero-order valence-corrected chi connectivity index (χ0v) is 18.3. The van der Waals surface area contributed by atoms with Gasteiger partial charge in [-0.15, -0.1) is 0 Å². The van der Waals surface area contributed by atoms with Gasteiger partial charge in [-0.2, -0.15) is 5.26 Å². The number of carboxylic acid groups (broad SMARTS) is 1. The van der Waals surface area contributed by atoms with Gasteiger partial charge in [-0.05, 0) is 31.4 Å². The van der Waals surface area contributed by atoms with Crippen molar-refractivity contribution in [1.29, 1.82) is 5.26 Å². The highest BCUT2D eigenvalue weighted by atomic mass is 35.5. The molecule has 0 amide bonds. The molecule has 1 aliphatic rings. The summed E-state index contributed by atoms with van der Waals surface area (Å²) in [4.78, 5) is 25.3. The van der Waals surface area contributed by atoms with Crippen LogP contribution in [0.4, 0.5) is 0 Å². The molecule has 0 radical (unpaired) electrons. The zero-order chi connectivity index (χ0) is 22.6. The van der Waals surface area contributed by atoms with Crippen LogP contribution in [0, 0.1) is 17.2 Å². The Kier molecular flexibility index (Phi) is 7.65. The van der Waals surface area contributed by atoms with Crippen molar-refractivity contribution < 1.29 is 24.2 Å². The summed E-state index contributed by atoms with van der Waals surface area (Å²) in [5, 5.41) is 22.3. The smallest absolute Gasteiger partial charge is 0.337 e. The second-order valence-electron chi connectivity index (χ2n) is 7.40. The van der Waals surface area contributed by atoms with Crippen molar-refractivity contribution in [1.82, 2.24) is 5.32 Å². The Hall–Kier alpha value is -2.82. The number of esters is 1. The Labute approximate surface area is 180 Å². The molecule has 1 aromatic carbocycles. The molecule has 2 N–H and O–H groups in total. The number of nitriles is 1. The topological polar surface area (TPSA) is 109 Å². The Morgan fingerprint density at radius 1 is 1.27 bits per heavy atom. The van der Waals surface area contributed by atoms with E-state index in [1.165, 1.54) is 13.2 Å². The first-order valence-electron chi connectivity index (χ1n) is 9.44. The quantitative estimate of drug-likeness (QED) is 0.631. The third kappa shape index (κ3) is 4.66. The maximum atomic E-state index is 13.2. The fourth-order valence-corrected chi connectivity index (χ4v) is 3.72. The number of dihydropyridines is 1. The van der Waals surface area contributed by atoms with Crippen LogP contribution in [0.2, 0.25) is 5.02 Å². The van der Waals surface area contributed by atoms with Gasteiger partial charge in [0.1, 0.15) is 12.2 Å². The minimum Gasteiger partial charge on any atom is -0.478 e. The predicted octanol–water partition coefficient (Wildman–Crippen LogP) is 3.75. The largest absolute Gasteiger partial charge is 0.478 e. The molecule has 0 spiro atoms. The van der Waals surface area contributed by atoms with Gasteiger partial charge in [0, 0.05) is 18.5 Å². The van der Waals surface area contributed by atoms with Crippen LogP contribution < -0.4 is 5.32 Å². The van der Waals surface area contributed by atoms with Crippen LogP contribution in [0.25, 0.3) is 0 Å². The number of carbonyl (C=O) groups excluding carboxylic acids is 1. The third-order valence-electron chi connectivity index (χ3n) is 5.00. The van der Waals surface area contributed by atoms with Crippen molar-refractivity contribution in [2.24, 2.45) is 5.92 Å². The number of allylic oxidation sites excluding steroid dienone is 2. The summed E-state index contributed by atoms with van der Waals surface area (Å²) < 4.78 is 10.8. The van der Waals surface area contributed by atoms with E-state index in [1.54, 1.807) is 26.0 Å². The number of benzene rings is 1. The van der Waals surface area contributed by atoms with Gasteiger partial charge in [0.05, 0.1) is 34.3 Å². The molecule has 160 valence electrons. The molecule has 0 saturated heterocycles. The molecule has 1 aromatic rings. The van der Waals surface area contributed by atoms with Crippen LogP contribution in [0.15, 0.2) is 40.7 Å². The average Bonchev–Trinajstić information content (AvgIpc) is 2.66.